The lowest BCUT2D eigenvalue weighted by Crippen LogP contribution is -2.22. The van der Waals surface area contributed by atoms with Gasteiger partial charge in [0.2, 0.25) is 6.79 Å². The molecule has 28 heavy (non-hydrogen) atoms. The number of carbonyl (C=O) groups is 1. The Morgan fingerprint density at radius 2 is 1.89 bits per heavy atom. The van der Waals surface area contributed by atoms with Crippen LogP contribution in [0.3, 0.4) is 0 Å². The zero-order chi connectivity index (χ0) is 18.9. The quantitative estimate of drug-likeness (QED) is 0.595. The molecule has 1 aliphatic heterocycles. The summed E-state index contributed by atoms with van der Waals surface area (Å²) in [5, 5.41) is 2.94. The smallest absolute Gasteiger partial charge is 0.251 e. The van der Waals surface area contributed by atoms with Gasteiger partial charge in [0.25, 0.3) is 5.91 Å². The van der Waals surface area contributed by atoms with Crippen LogP contribution in [-0.2, 0) is 6.54 Å². The van der Waals surface area contributed by atoms with Crippen LogP contribution in [0.2, 0.25) is 0 Å². The van der Waals surface area contributed by atoms with Gasteiger partial charge in [-0.3, -0.25) is 4.79 Å². The van der Waals surface area contributed by atoms with Gasteiger partial charge in [0.05, 0.1) is 5.69 Å². The minimum Gasteiger partial charge on any atom is -0.454 e. The lowest BCUT2D eigenvalue weighted by Gasteiger charge is -2.06. The number of amides is 1. The molecule has 0 unspecified atom stereocenters. The topological polar surface area (TPSA) is 64.9 Å². The number of nitrogens with zero attached hydrogens (tertiary/aromatic N) is 2. The van der Waals surface area contributed by atoms with Crippen LogP contribution < -0.4 is 14.8 Å². The monoisotopic (exact) mass is 371 g/mol. The van der Waals surface area contributed by atoms with Crippen molar-refractivity contribution in [3.8, 4) is 22.8 Å². The number of hydrogen-bond acceptors (Lipinski definition) is 4. The normalized spacial score (nSPS) is 12.3. The summed E-state index contributed by atoms with van der Waals surface area (Å²) in [6.07, 6.45) is 3.81. The van der Waals surface area contributed by atoms with Gasteiger partial charge in [0.15, 0.2) is 11.5 Å². The number of ether oxygens (including phenoxy) is 2. The Kier molecular flexibility index (Phi) is 3.94. The van der Waals surface area contributed by atoms with Gasteiger partial charge in [-0.15, -0.1) is 0 Å². The number of aromatic nitrogens is 2. The highest BCUT2D eigenvalue weighted by molar-refractivity contribution is 5.95. The largest absolute Gasteiger partial charge is 0.454 e. The minimum absolute atomic E-state index is 0.149. The van der Waals surface area contributed by atoms with E-state index >= 15 is 0 Å². The van der Waals surface area contributed by atoms with Crippen LogP contribution >= 0.6 is 0 Å². The lowest BCUT2D eigenvalue weighted by molar-refractivity contribution is 0.0951. The van der Waals surface area contributed by atoms with E-state index in [4.69, 9.17) is 9.47 Å². The Morgan fingerprint density at radius 3 is 2.79 bits per heavy atom. The summed E-state index contributed by atoms with van der Waals surface area (Å²) in [6.45, 7) is 0.644. The summed E-state index contributed by atoms with van der Waals surface area (Å²) in [4.78, 5) is 17.2. The van der Waals surface area contributed by atoms with Crippen molar-refractivity contribution in [2.24, 2.45) is 0 Å². The van der Waals surface area contributed by atoms with Crippen molar-refractivity contribution in [1.29, 1.82) is 0 Å². The van der Waals surface area contributed by atoms with Crippen LogP contribution in [0.1, 0.15) is 15.9 Å². The predicted molar refractivity (Wildman–Crippen MR) is 104 cm³/mol. The first-order valence-electron chi connectivity index (χ1n) is 8.97. The van der Waals surface area contributed by atoms with Gasteiger partial charge in [0, 0.05) is 30.1 Å². The average molecular weight is 371 g/mol. The van der Waals surface area contributed by atoms with E-state index in [2.05, 4.69) is 10.3 Å². The number of benzene rings is 2. The third-order valence-electron chi connectivity index (χ3n) is 4.68. The Morgan fingerprint density at radius 1 is 1.04 bits per heavy atom. The molecule has 0 aliphatic carbocycles. The van der Waals surface area contributed by atoms with Crippen LogP contribution in [0.25, 0.3) is 16.9 Å². The number of carbonyl (C=O) groups excluding carboxylic acids is 1. The highest BCUT2D eigenvalue weighted by Crippen LogP contribution is 2.32. The van der Waals surface area contributed by atoms with Crippen molar-refractivity contribution in [1.82, 2.24) is 14.7 Å². The molecule has 138 valence electrons. The first-order valence-corrected chi connectivity index (χ1v) is 8.97. The molecule has 0 atom stereocenters. The molecule has 0 spiro atoms. The molecular weight excluding hydrogens is 354 g/mol. The number of nitrogens with one attached hydrogen (secondary N) is 1. The van der Waals surface area contributed by atoms with Crippen LogP contribution in [0.15, 0.2) is 73.1 Å². The second-order valence-corrected chi connectivity index (χ2v) is 6.54. The second kappa shape index (κ2) is 6.74. The van der Waals surface area contributed by atoms with Gasteiger partial charge in [-0.2, -0.15) is 0 Å². The Balaban J connectivity index is 1.33. The fourth-order valence-electron chi connectivity index (χ4n) is 3.21. The van der Waals surface area contributed by atoms with E-state index in [1.54, 1.807) is 12.1 Å². The van der Waals surface area contributed by atoms with Gasteiger partial charge >= 0.3 is 0 Å². The number of imidazole rings is 1. The molecule has 2 aromatic carbocycles. The molecule has 0 saturated carbocycles. The first kappa shape index (κ1) is 16.4. The fourth-order valence-corrected chi connectivity index (χ4v) is 3.21. The van der Waals surface area contributed by atoms with Crippen LogP contribution in [-0.4, -0.2) is 22.1 Å². The van der Waals surface area contributed by atoms with Crippen molar-refractivity contribution in [2.45, 2.75) is 6.54 Å². The molecule has 4 aromatic rings. The molecule has 0 saturated heterocycles. The molecule has 0 radical (unpaired) electrons. The van der Waals surface area contributed by atoms with E-state index in [1.165, 1.54) is 0 Å². The molecule has 2 aromatic heterocycles. The summed E-state index contributed by atoms with van der Waals surface area (Å²) < 4.78 is 12.6. The Bertz CT molecular complexity index is 1170. The van der Waals surface area contributed by atoms with Crippen molar-refractivity contribution >= 4 is 11.6 Å². The van der Waals surface area contributed by atoms with Gasteiger partial charge in [-0.25, -0.2) is 4.98 Å². The average Bonchev–Trinajstić information content (AvgIpc) is 3.38. The van der Waals surface area contributed by atoms with Gasteiger partial charge in [-0.05, 0) is 29.8 Å². The lowest BCUT2D eigenvalue weighted by atomic mass is 10.2. The highest BCUT2D eigenvalue weighted by Gasteiger charge is 2.14. The van der Waals surface area contributed by atoms with Crippen molar-refractivity contribution in [3.63, 3.8) is 0 Å². The van der Waals surface area contributed by atoms with Crippen molar-refractivity contribution in [2.75, 3.05) is 6.79 Å². The maximum Gasteiger partial charge on any atom is 0.251 e. The van der Waals surface area contributed by atoms with Crippen molar-refractivity contribution in [3.05, 3.63) is 84.2 Å². The zero-order valence-electron chi connectivity index (χ0n) is 15.0. The molecular formula is C22H17N3O3. The van der Waals surface area contributed by atoms with E-state index < -0.39 is 0 Å². The number of fused-ring (bicyclic) bond motifs is 2. The van der Waals surface area contributed by atoms with Crippen LogP contribution in [0.4, 0.5) is 0 Å². The van der Waals surface area contributed by atoms with E-state index in [-0.39, 0.29) is 12.7 Å². The summed E-state index contributed by atoms with van der Waals surface area (Å²) >= 11 is 0. The Labute approximate surface area is 161 Å². The van der Waals surface area contributed by atoms with Gasteiger partial charge in [0.1, 0.15) is 5.65 Å². The number of hydrogen-bond donors (Lipinski definition) is 1. The fraction of sp³-hybridized carbons (Fsp3) is 0.0909. The SMILES string of the molecule is O=C(NCc1ccc2c(c1)OCO2)c1ccn2cc(-c3ccccc3)nc2c1. The molecule has 0 bridgehead atoms. The Hall–Kier alpha value is -3.80. The van der Waals surface area contributed by atoms with E-state index in [1.807, 2.05) is 65.3 Å². The van der Waals surface area contributed by atoms with E-state index in [0.717, 1.165) is 28.2 Å². The van der Waals surface area contributed by atoms with E-state index in [9.17, 15) is 4.79 Å². The van der Waals surface area contributed by atoms with Crippen LogP contribution in [0, 0.1) is 0 Å². The molecule has 0 fully saturated rings. The van der Waals surface area contributed by atoms with Crippen LogP contribution in [0.5, 0.6) is 11.5 Å². The molecule has 6 heteroatoms. The number of pyridine rings is 1. The van der Waals surface area contributed by atoms with Gasteiger partial charge in [-0.1, -0.05) is 36.4 Å². The maximum absolute atomic E-state index is 12.6. The standard InChI is InChI=1S/C22H17N3O3/c26-22(23-12-15-6-7-19-20(10-15)28-14-27-19)17-8-9-25-13-18(24-21(25)11-17)16-4-2-1-3-5-16/h1-11,13H,12,14H2,(H,23,26). The molecule has 6 nitrogen and oxygen atoms in total. The van der Waals surface area contributed by atoms with E-state index in [0.29, 0.717) is 17.9 Å². The second-order valence-electron chi connectivity index (χ2n) is 6.54. The predicted octanol–water partition coefficient (Wildman–Crippen LogP) is 3.66. The summed E-state index contributed by atoms with van der Waals surface area (Å²) in [5.41, 5.74) is 4.16. The molecule has 3 heterocycles. The van der Waals surface area contributed by atoms with Gasteiger partial charge < -0.3 is 19.2 Å². The minimum atomic E-state index is -0.149. The highest BCUT2D eigenvalue weighted by atomic mass is 16.7. The third-order valence-corrected chi connectivity index (χ3v) is 4.68. The maximum atomic E-state index is 12.6. The zero-order valence-corrected chi connectivity index (χ0v) is 15.0. The number of rotatable bonds is 4. The summed E-state index contributed by atoms with van der Waals surface area (Å²) in [7, 11) is 0. The molecule has 5 rings (SSSR count). The third kappa shape index (κ3) is 3.05. The summed E-state index contributed by atoms with van der Waals surface area (Å²) in [5.74, 6) is 1.29. The first-order chi connectivity index (χ1) is 13.8. The molecule has 1 aliphatic rings. The summed E-state index contributed by atoms with van der Waals surface area (Å²) in [6, 6.07) is 19.2. The molecule has 1 N–H and O–H groups in total. The molecule has 1 amide bonds. The van der Waals surface area contributed by atoms with Crippen molar-refractivity contribution < 1.29 is 14.3 Å².